The van der Waals surface area contributed by atoms with Crippen molar-refractivity contribution in [2.24, 2.45) is 5.10 Å². The Labute approximate surface area is 119 Å². The Morgan fingerprint density at radius 2 is 1.90 bits per heavy atom. The molecule has 104 valence electrons. The number of rotatable bonds is 3. The maximum atomic E-state index is 9.16. The van der Waals surface area contributed by atoms with Gasteiger partial charge in [-0.15, -0.1) is 0 Å². The minimum absolute atomic E-state index is 0.132. The highest BCUT2D eigenvalue weighted by Crippen LogP contribution is 2.11. The predicted molar refractivity (Wildman–Crippen MR) is 81.0 cm³/mol. The highest BCUT2D eigenvalue weighted by Gasteiger charge is 2.18. The number of piperidine rings is 1. The molecule has 5 heteroatoms. The second-order valence-electron chi connectivity index (χ2n) is 4.95. The molecule has 0 saturated carbocycles. The molecule has 1 fully saturated rings. The van der Waals surface area contributed by atoms with E-state index in [9.17, 15) is 0 Å². The molecule has 2 rings (SSSR count). The van der Waals surface area contributed by atoms with Gasteiger partial charge in [0.05, 0.1) is 5.69 Å². The van der Waals surface area contributed by atoms with Gasteiger partial charge >= 0.3 is 0 Å². The molecule has 0 unspecified atom stereocenters. The Kier molecular flexibility index (Phi) is 4.72. The lowest BCUT2D eigenvalue weighted by molar-refractivity contribution is 0.344. The molecule has 0 bridgehead atoms. The molecular formula is C15H19N5. The number of hydrogen-bond donors (Lipinski definition) is 2. The lowest BCUT2D eigenvalue weighted by Gasteiger charge is -2.27. The van der Waals surface area contributed by atoms with Crippen molar-refractivity contribution < 1.29 is 0 Å². The van der Waals surface area contributed by atoms with Crippen LogP contribution < -0.4 is 5.43 Å². The van der Waals surface area contributed by atoms with E-state index in [-0.39, 0.29) is 11.5 Å². The van der Waals surface area contributed by atoms with Crippen molar-refractivity contribution in [3.8, 4) is 6.07 Å². The van der Waals surface area contributed by atoms with Crippen molar-refractivity contribution in [1.82, 2.24) is 4.90 Å². The van der Waals surface area contributed by atoms with Crippen LogP contribution in [0.3, 0.4) is 0 Å². The standard InChI is InChI=1S/C15H19N5/c1-12-5-7-13(8-6-12)18-19-14(11-16)15(17)20-9-3-2-4-10-20/h5-8,17-18H,2-4,9-10H2,1H3/b17-15?,19-14+. The van der Waals surface area contributed by atoms with Crippen LogP contribution in [-0.2, 0) is 0 Å². The summed E-state index contributed by atoms with van der Waals surface area (Å²) in [5, 5.41) is 21.3. The normalized spacial score (nSPS) is 15.6. The molecule has 0 amide bonds. The summed E-state index contributed by atoms with van der Waals surface area (Å²) in [5.41, 5.74) is 4.96. The maximum absolute atomic E-state index is 9.16. The lowest BCUT2D eigenvalue weighted by atomic mass is 10.1. The monoisotopic (exact) mass is 269 g/mol. The van der Waals surface area contributed by atoms with Gasteiger partial charge in [-0.05, 0) is 38.3 Å². The van der Waals surface area contributed by atoms with Crippen molar-refractivity contribution in [3.05, 3.63) is 29.8 Å². The second-order valence-corrected chi connectivity index (χ2v) is 4.95. The molecule has 0 atom stereocenters. The van der Waals surface area contributed by atoms with Gasteiger partial charge in [-0.3, -0.25) is 10.8 Å². The van der Waals surface area contributed by atoms with Gasteiger partial charge in [-0.2, -0.15) is 10.4 Å². The number of likely N-dealkylation sites (tertiary alicyclic amines) is 1. The van der Waals surface area contributed by atoms with Gasteiger partial charge in [-0.1, -0.05) is 17.7 Å². The first kappa shape index (κ1) is 14.1. The number of anilines is 1. The van der Waals surface area contributed by atoms with Gasteiger partial charge in [0.2, 0.25) is 5.71 Å². The number of hydrazone groups is 1. The number of nitrogens with one attached hydrogen (secondary N) is 2. The first-order chi connectivity index (χ1) is 9.70. The van der Waals surface area contributed by atoms with E-state index >= 15 is 0 Å². The van der Waals surface area contributed by atoms with Crippen LogP contribution in [0.25, 0.3) is 0 Å². The number of aryl methyl sites for hydroxylation is 1. The quantitative estimate of drug-likeness (QED) is 0.503. The molecule has 1 aliphatic rings. The molecule has 0 aliphatic carbocycles. The molecule has 1 heterocycles. The molecule has 0 aromatic heterocycles. The molecule has 1 saturated heterocycles. The third-order valence-electron chi connectivity index (χ3n) is 3.35. The molecule has 5 nitrogen and oxygen atoms in total. The summed E-state index contributed by atoms with van der Waals surface area (Å²) in [7, 11) is 0. The van der Waals surface area contributed by atoms with Crippen LogP contribution in [0, 0.1) is 23.7 Å². The summed E-state index contributed by atoms with van der Waals surface area (Å²) < 4.78 is 0. The number of hydrogen-bond acceptors (Lipinski definition) is 4. The van der Waals surface area contributed by atoms with Gasteiger partial charge in [-0.25, -0.2) is 0 Å². The minimum Gasteiger partial charge on any atom is -0.355 e. The Bertz CT molecular complexity index is 532. The maximum Gasteiger partial charge on any atom is 0.202 e. The minimum atomic E-state index is 0.132. The highest BCUT2D eigenvalue weighted by molar-refractivity contribution is 6.46. The third-order valence-corrected chi connectivity index (χ3v) is 3.35. The van der Waals surface area contributed by atoms with Crippen molar-refractivity contribution in [1.29, 1.82) is 10.7 Å². The van der Waals surface area contributed by atoms with E-state index in [2.05, 4.69) is 10.5 Å². The average molecular weight is 269 g/mol. The molecule has 1 aromatic carbocycles. The van der Waals surface area contributed by atoms with Crippen LogP contribution in [0.4, 0.5) is 5.69 Å². The third kappa shape index (κ3) is 3.58. The first-order valence-corrected chi connectivity index (χ1v) is 6.85. The van der Waals surface area contributed by atoms with Crippen LogP contribution in [-0.4, -0.2) is 29.5 Å². The Morgan fingerprint density at radius 1 is 1.25 bits per heavy atom. The van der Waals surface area contributed by atoms with Gasteiger partial charge in [0, 0.05) is 13.1 Å². The van der Waals surface area contributed by atoms with Gasteiger partial charge in [0.1, 0.15) is 6.07 Å². The zero-order valence-electron chi connectivity index (χ0n) is 11.7. The summed E-state index contributed by atoms with van der Waals surface area (Å²) >= 11 is 0. The predicted octanol–water partition coefficient (Wildman–Crippen LogP) is 2.75. The SMILES string of the molecule is Cc1ccc(N/N=C(\C#N)C(=N)N2CCCCC2)cc1. The fraction of sp³-hybridized carbons (Fsp3) is 0.400. The largest absolute Gasteiger partial charge is 0.355 e. The van der Waals surface area contributed by atoms with E-state index in [0.717, 1.165) is 31.6 Å². The molecule has 20 heavy (non-hydrogen) atoms. The fourth-order valence-electron chi connectivity index (χ4n) is 2.15. The van der Waals surface area contributed by atoms with Crippen molar-refractivity contribution in [2.45, 2.75) is 26.2 Å². The van der Waals surface area contributed by atoms with Gasteiger partial charge < -0.3 is 4.90 Å². The summed E-state index contributed by atoms with van der Waals surface area (Å²) in [6.45, 7) is 3.69. The van der Waals surface area contributed by atoms with E-state index in [1.165, 1.54) is 12.0 Å². The van der Waals surface area contributed by atoms with Gasteiger partial charge in [0.15, 0.2) is 5.84 Å². The number of nitriles is 1. The topological polar surface area (TPSA) is 75.3 Å². The van der Waals surface area contributed by atoms with Crippen LogP contribution in [0.5, 0.6) is 0 Å². The van der Waals surface area contributed by atoms with Crippen molar-refractivity contribution >= 4 is 17.2 Å². The second kappa shape index (κ2) is 6.71. The number of benzene rings is 1. The molecule has 0 radical (unpaired) electrons. The molecule has 1 aliphatic heterocycles. The van der Waals surface area contributed by atoms with Crippen LogP contribution in [0.1, 0.15) is 24.8 Å². The zero-order valence-corrected chi connectivity index (χ0v) is 11.7. The zero-order chi connectivity index (χ0) is 14.4. The van der Waals surface area contributed by atoms with E-state index in [1.807, 2.05) is 42.2 Å². The van der Waals surface area contributed by atoms with Gasteiger partial charge in [0.25, 0.3) is 0 Å². The summed E-state index contributed by atoms with van der Waals surface area (Å²) in [6, 6.07) is 9.75. The lowest BCUT2D eigenvalue weighted by Crippen LogP contribution is -2.39. The smallest absolute Gasteiger partial charge is 0.202 e. The summed E-state index contributed by atoms with van der Waals surface area (Å²) in [5.74, 6) is 0.215. The molecule has 1 aromatic rings. The van der Waals surface area contributed by atoms with E-state index in [1.54, 1.807) is 0 Å². The molecule has 0 spiro atoms. The van der Waals surface area contributed by atoms with Crippen LogP contribution >= 0.6 is 0 Å². The Morgan fingerprint density at radius 3 is 2.50 bits per heavy atom. The van der Waals surface area contributed by atoms with Crippen LogP contribution in [0.15, 0.2) is 29.4 Å². The van der Waals surface area contributed by atoms with Crippen molar-refractivity contribution in [3.63, 3.8) is 0 Å². The van der Waals surface area contributed by atoms with E-state index in [4.69, 9.17) is 10.7 Å². The number of nitrogens with zero attached hydrogens (tertiary/aromatic N) is 3. The first-order valence-electron chi connectivity index (χ1n) is 6.85. The summed E-state index contributed by atoms with van der Waals surface area (Å²) in [4.78, 5) is 1.92. The van der Waals surface area contributed by atoms with E-state index in [0.29, 0.717) is 0 Å². The average Bonchev–Trinajstić information content (AvgIpc) is 2.50. The van der Waals surface area contributed by atoms with Crippen LogP contribution in [0.2, 0.25) is 0 Å². The fourth-order valence-corrected chi connectivity index (χ4v) is 2.15. The molecule has 2 N–H and O–H groups in total. The van der Waals surface area contributed by atoms with Crippen molar-refractivity contribution in [2.75, 3.05) is 18.5 Å². The Balaban J connectivity index is 2.03. The highest BCUT2D eigenvalue weighted by atomic mass is 15.3. The summed E-state index contributed by atoms with van der Waals surface area (Å²) in [6.07, 6.45) is 3.35. The van der Waals surface area contributed by atoms with E-state index < -0.39 is 0 Å². The number of amidine groups is 1. The molecular weight excluding hydrogens is 250 g/mol. The Hall–Kier alpha value is -2.35.